The van der Waals surface area contributed by atoms with Crippen LogP contribution in [0.2, 0.25) is 0 Å². The highest BCUT2D eigenvalue weighted by molar-refractivity contribution is 6.05. The summed E-state index contributed by atoms with van der Waals surface area (Å²) in [6, 6.07) is 21.9. The van der Waals surface area contributed by atoms with Crippen LogP contribution in [0.3, 0.4) is 0 Å². The molecule has 1 saturated heterocycles. The van der Waals surface area contributed by atoms with E-state index < -0.39 is 0 Å². The summed E-state index contributed by atoms with van der Waals surface area (Å²) in [5.41, 5.74) is 2.54. The maximum absolute atomic E-state index is 13.1. The molecule has 3 aromatic rings. The summed E-state index contributed by atoms with van der Waals surface area (Å²) in [6.45, 7) is 6.10. The number of benzene rings is 2. The second kappa shape index (κ2) is 8.73. The highest BCUT2D eigenvalue weighted by Gasteiger charge is 2.22. The van der Waals surface area contributed by atoms with Crippen LogP contribution in [-0.4, -0.2) is 48.6 Å². The third-order valence-electron chi connectivity index (χ3n) is 5.23. The molecule has 1 amide bonds. The van der Waals surface area contributed by atoms with Crippen LogP contribution in [0.15, 0.2) is 73.1 Å². The molecular weight excluding hydrogens is 362 g/mol. The van der Waals surface area contributed by atoms with Gasteiger partial charge in [-0.05, 0) is 31.2 Å². The van der Waals surface area contributed by atoms with Gasteiger partial charge < -0.3 is 14.7 Å². The van der Waals surface area contributed by atoms with E-state index in [9.17, 15) is 4.79 Å². The fourth-order valence-electron chi connectivity index (χ4n) is 3.66. The predicted molar refractivity (Wildman–Crippen MR) is 117 cm³/mol. The summed E-state index contributed by atoms with van der Waals surface area (Å²) in [4.78, 5) is 28.1. The Balaban J connectivity index is 1.47. The van der Waals surface area contributed by atoms with Gasteiger partial charge in [0.05, 0.1) is 0 Å². The van der Waals surface area contributed by atoms with Crippen LogP contribution in [0.5, 0.6) is 0 Å². The highest BCUT2D eigenvalue weighted by Crippen LogP contribution is 2.21. The molecule has 2 heterocycles. The summed E-state index contributed by atoms with van der Waals surface area (Å²) in [5, 5.41) is 0. The number of rotatable bonds is 5. The highest BCUT2D eigenvalue weighted by atomic mass is 16.2. The SMILES string of the molecule is CCN(C(=O)c1cc(N2CCN(c3ccccc3)CC2)ncn1)c1ccccc1. The molecule has 6 nitrogen and oxygen atoms in total. The molecule has 0 atom stereocenters. The van der Waals surface area contributed by atoms with E-state index in [0.29, 0.717) is 12.2 Å². The Morgan fingerprint density at radius 3 is 2.17 bits per heavy atom. The average Bonchev–Trinajstić information content (AvgIpc) is 2.81. The van der Waals surface area contributed by atoms with Crippen molar-refractivity contribution >= 4 is 23.1 Å². The molecule has 0 radical (unpaired) electrons. The zero-order chi connectivity index (χ0) is 20.1. The standard InChI is InChI=1S/C23H25N5O/c1-2-28(20-11-7-4-8-12-20)23(29)21-17-22(25-18-24-21)27-15-13-26(14-16-27)19-9-5-3-6-10-19/h3-12,17-18H,2,13-16H2,1H3. The monoisotopic (exact) mass is 387 g/mol. The first-order valence-corrected chi connectivity index (χ1v) is 10.00. The molecule has 0 unspecified atom stereocenters. The van der Waals surface area contributed by atoms with E-state index in [4.69, 9.17) is 0 Å². The number of anilines is 3. The van der Waals surface area contributed by atoms with Crippen molar-refractivity contribution in [1.82, 2.24) is 9.97 Å². The summed E-state index contributed by atoms with van der Waals surface area (Å²) >= 11 is 0. The largest absolute Gasteiger partial charge is 0.368 e. The van der Waals surface area contributed by atoms with Crippen molar-refractivity contribution in [3.63, 3.8) is 0 Å². The minimum atomic E-state index is -0.106. The van der Waals surface area contributed by atoms with Gasteiger partial charge in [0.1, 0.15) is 17.8 Å². The zero-order valence-electron chi connectivity index (χ0n) is 16.6. The Morgan fingerprint density at radius 1 is 0.897 bits per heavy atom. The quantitative estimate of drug-likeness (QED) is 0.671. The molecule has 1 aromatic heterocycles. The Kier molecular flexibility index (Phi) is 5.70. The van der Waals surface area contributed by atoms with E-state index in [-0.39, 0.29) is 5.91 Å². The van der Waals surface area contributed by atoms with Crippen molar-refractivity contribution in [2.45, 2.75) is 6.92 Å². The van der Waals surface area contributed by atoms with Crippen molar-refractivity contribution in [1.29, 1.82) is 0 Å². The lowest BCUT2D eigenvalue weighted by Gasteiger charge is -2.36. The minimum Gasteiger partial charge on any atom is -0.368 e. The van der Waals surface area contributed by atoms with Gasteiger partial charge in [-0.15, -0.1) is 0 Å². The molecule has 0 N–H and O–H groups in total. The Morgan fingerprint density at radius 2 is 1.52 bits per heavy atom. The summed E-state index contributed by atoms with van der Waals surface area (Å²) in [7, 11) is 0. The molecule has 0 bridgehead atoms. The molecule has 0 aliphatic carbocycles. The Labute approximate surface area is 171 Å². The van der Waals surface area contributed by atoms with Gasteiger partial charge in [0.15, 0.2) is 0 Å². The van der Waals surface area contributed by atoms with Crippen LogP contribution in [0.25, 0.3) is 0 Å². The number of carbonyl (C=O) groups is 1. The molecule has 0 spiro atoms. The van der Waals surface area contributed by atoms with Gasteiger partial charge in [-0.25, -0.2) is 9.97 Å². The van der Waals surface area contributed by atoms with Crippen LogP contribution >= 0.6 is 0 Å². The molecule has 2 aromatic carbocycles. The molecule has 29 heavy (non-hydrogen) atoms. The van der Waals surface area contributed by atoms with Crippen LogP contribution in [0.1, 0.15) is 17.4 Å². The number of para-hydroxylation sites is 2. The first-order chi connectivity index (χ1) is 14.3. The van der Waals surface area contributed by atoms with Gasteiger partial charge in [0.2, 0.25) is 0 Å². The van der Waals surface area contributed by atoms with E-state index in [0.717, 1.165) is 37.7 Å². The first-order valence-electron chi connectivity index (χ1n) is 10.00. The first kappa shape index (κ1) is 18.9. The van der Waals surface area contributed by atoms with Gasteiger partial charge in [-0.1, -0.05) is 36.4 Å². The number of hydrogen-bond acceptors (Lipinski definition) is 5. The molecule has 1 fully saturated rings. The van der Waals surface area contributed by atoms with Gasteiger partial charge in [0, 0.05) is 50.2 Å². The minimum absolute atomic E-state index is 0.106. The van der Waals surface area contributed by atoms with Crippen LogP contribution < -0.4 is 14.7 Å². The molecule has 6 heteroatoms. The smallest absolute Gasteiger partial charge is 0.277 e. The van der Waals surface area contributed by atoms with Crippen molar-refractivity contribution in [2.24, 2.45) is 0 Å². The molecule has 4 rings (SSSR count). The summed E-state index contributed by atoms with van der Waals surface area (Å²) in [5.74, 6) is 0.699. The maximum Gasteiger partial charge on any atom is 0.277 e. The maximum atomic E-state index is 13.1. The summed E-state index contributed by atoms with van der Waals surface area (Å²) in [6.07, 6.45) is 1.49. The lowest BCUT2D eigenvalue weighted by atomic mass is 10.2. The average molecular weight is 387 g/mol. The van der Waals surface area contributed by atoms with E-state index >= 15 is 0 Å². The number of amides is 1. The van der Waals surface area contributed by atoms with Crippen molar-refractivity contribution in [3.05, 3.63) is 78.8 Å². The molecule has 148 valence electrons. The van der Waals surface area contributed by atoms with Crippen molar-refractivity contribution in [3.8, 4) is 0 Å². The lowest BCUT2D eigenvalue weighted by Crippen LogP contribution is -2.47. The number of nitrogens with zero attached hydrogens (tertiary/aromatic N) is 5. The van der Waals surface area contributed by atoms with E-state index in [1.807, 2.05) is 49.4 Å². The number of aromatic nitrogens is 2. The topological polar surface area (TPSA) is 52.6 Å². The fourth-order valence-corrected chi connectivity index (χ4v) is 3.66. The van der Waals surface area contributed by atoms with Gasteiger partial charge >= 0.3 is 0 Å². The van der Waals surface area contributed by atoms with Gasteiger partial charge in [-0.2, -0.15) is 0 Å². The second-order valence-electron chi connectivity index (χ2n) is 6.96. The second-order valence-corrected chi connectivity index (χ2v) is 6.96. The molecule has 1 aliphatic rings. The third kappa shape index (κ3) is 4.21. The molecule has 0 saturated carbocycles. The Bertz CT molecular complexity index is 940. The molecular formula is C23H25N5O. The lowest BCUT2D eigenvalue weighted by molar-refractivity contribution is 0.0983. The number of hydrogen-bond donors (Lipinski definition) is 0. The number of carbonyl (C=O) groups excluding carboxylic acids is 1. The normalized spacial score (nSPS) is 14.0. The zero-order valence-corrected chi connectivity index (χ0v) is 16.6. The third-order valence-corrected chi connectivity index (χ3v) is 5.23. The van der Waals surface area contributed by atoms with Gasteiger partial charge in [0.25, 0.3) is 5.91 Å². The van der Waals surface area contributed by atoms with E-state index in [1.165, 1.54) is 12.0 Å². The Hall–Kier alpha value is -3.41. The van der Waals surface area contributed by atoms with Crippen LogP contribution in [0, 0.1) is 0 Å². The van der Waals surface area contributed by atoms with Gasteiger partial charge in [-0.3, -0.25) is 4.79 Å². The number of piperazine rings is 1. The van der Waals surface area contributed by atoms with E-state index in [2.05, 4.69) is 44.0 Å². The van der Waals surface area contributed by atoms with Crippen molar-refractivity contribution < 1.29 is 4.79 Å². The van der Waals surface area contributed by atoms with E-state index in [1.54, 1.807) is 4.90 Å². The van der Waals surface area contributed by atoms with Crippen LogP contribution in [-0.2, 0) is 0 Å². The predicted octanol–water partition coefficient (Wildman–Crippen LogP) is 3.47. The van der Waals surface area contributed by atoms with Crippen LogP contribution in [0.4, 0.5) is 17.2 Å². The molecule has 1 aliphatic heterocycles. The van der Waals surface area contributed by atoms with Crippen molar-refractivity contribution in [2.75, 3.05) is 47.4 Å². The fraction of sp³-hybridized carbons (Fsp3) is 0.261. The summed E-state index contributed by atoms with van der Waals surface area (Å²) < 4.78 is 0.